The van der Waals surface area contributed by atoms with Crippen LogP contribution in [0.2, 0.25) is 0 Å². The number of carboxylic acids is 1. The highest BCUT2D eigenvalue weighted by Gasteiger charge is 2.32. The van der Waals surface area contributed by atoms with Crippen LogP contribution < -0.4 is 0 Å². The zero-order valence-electron chi connectivity index (χ0n) is 10.0. The number of aliphatic hydroxyl groups is 2. The monoisotopic (exact) mass is 264 g/mol. The molecule has 8 nitrogen and oxygen atoms in total. The Balaban J connectivity index is 4.22. The molecule has 0 radical (unpaired) electrons. The summed E-state index contributed by atoms with van der Waals surface area (Å²) in [6.45, 7) is 3.16. The predicted molar refractivity (Wildman–Crippen MR) is 56.5 cm³/mol. The van der Waals surface area contributed by atoms with E-state index in [0.29, 0.717) is 0 Å². The molecule has 0 bridgehead atoms. The van der Waals surface area contributed by atoms with E-state index in [1.165, 1.54) is 6.92 Å². The molecular weight excluding hydrogens is 248 g/mol. The van der Waals surface area contributed by atoms with Gasteiger partial charge in [-0.25, -0.2) is 9.59 Å². The number of rotatable bonds is 7. The quantitative estimate of drug-likeness (QED) is 0.482. The molecule has 0 aliphatic heterocycles. The molecule has 0 fully saturated rings. The molecule has 0 amide bonds. The van der Waals surface area contributed by atoms with Crippen molar-refractivity contribution in [3.8, 4) is 0 Å². The highest BCUT2D eigenvalue weighted by atomic mass is 16.6. The van der Waals surface area contributed by atoms with Gasteiger partial charge in [0.2, 0.25) is 0 Å². The zero-order chi connectivity index (χ0) is 14.3. The molecule has 0 aromatic carbocycles. The van der Waals surface area contributed by atoms with Crippen LogP contribution in [0.5, 0.6) is 0 Å². The van der Waals surface area contributed by atoms with Crippen molar-refractivity contribution in [3.63, 3.8) is 0 Å². The first-order valence-electron chi connectivity index (χ1n) is 5.24. The Morgan fingerprint density at radius 1 is 1.17 bits per heavy atom. The summed E-state index contributed by atoms with van der Waals surface area (Å²) in [6, 6.07) is 0. The third-order valence-corrected chi connectivity index (χ3v) is 1.87. The molecule has 3 atom stereocenters. The highest BCUT2D eigenvalue weighted by molar-refractivity contribution is 5.84. The van der Waals surface area contributed by atoms with E-state index >= 15 is 0 Å². The summed E-state index contributed by atoms with van der Waals surface area (Å²) in [5, 5.41) is 26.4. The molecule has 104 valence electrons. The number of esters is 2. The minimum absolute atomic E-state index is 0.180. The van der Waals surface area contributed by atoms with Crippen molar-refractivity contribution >= 4 is 17.9 Å². The molecule has 0 saturated heterocycles. The lowest BCUT2D eigenvalue weighted by Crippen LogP contribution is -2.41. The fourth-order valence-electron chi connectivity index (χ4n) is 1.03. The molecule has 0 aromatic heterocycles. The Hall–Kier alpha value is -1.67. The van der Waals surface area contributed by atoms with Gasteiger partial charge in [-0.2, -0.15) is 0 Å². The van der Waals surface area contributed by atoms with Crippen LogP contribution in [0.25, 0.3) is 0 Å². The van der Waals surface area contributed by atoms with E-state index in [-0.39, 0.29) is 13.0 Å². The summed E-state index contributed by atoms with van der Waals surface area (Å²) in [5.74, 6) is -3.66. The van der Waals surface area contributed by atoms with Crippen LogP contribution in [-0.4, -0.2) is 58.1 Å². The van der Waals surface area contributed by atoms with Gasteiger partial charge in [0, 0.05) is 0 Å². The van der Waals surface area contributed by atoms with Crippen LogP contribution in [0, 0.1) is 0 Å². The van der Waals surface area contributed by atoms with Crippen LogP contribution in [0.3, 0.4) is 0 Å². The smallest absolute Gasteiger partial charge is 0.338 e. The van der Waals surface area contributed by atoms with E-state index < -0.39 is 36.2 Å². The summed E-state index contributed by atoms with van der Waals surface area (Å²) in [6.07, 6.45) is -5.60. The number of aliphatic hydroxyl groups excluding tert-OH is 2. The largest absolute Gasteiger partial charge is 0.479 e. The normalized spacial score (nSPS) is 15.3. The maximum absolute atomic E-state index is 11.2. The average molecular weight is 264 g/mol. The number of hydrogen-bond acceptors (Lipinski definition) is 7. The SMILES string of the molecule is CCOC(=O)CC(C)OC(=O)C(O)C(O)C(=O)O. The van der Waals surface area contributed by atoms with E-state index in [1.54, 1.807) is 6.92 Å². The van der Waals surface area contributed by atoms with Gasteiger partial charge >= 0.3 is 17.9 Å². The number of ether oxygens (including phenoxy) is 2. The van der Waals surface area contributed by atoms with Gasteiger partial charge < -0.3 is 24.8 Å². The summed E-state index contributed by atoms with van der Waals surface area (Å²) < 4.78 is 9.19. The number of hydrogen-bond donors (Lipinski definition) is 3. The Morgan fingerprint density at radius 2 is 1.72 bits per heavy atom. The topological polar surface area (TPSA) is 130 Å². The Kier molecular flexibility index (Phi) is 6.91. The lowest BCUT2D eigenvalue weighted by atomic mass is 10.2. The Bertz CT molecular complexity index is 313. The molecule has 0 aliphatic carbocycles. The van der Waals surface area contributed by atoms with E-state index in [2.05, 4.69) is 9.47 Å². The molecule has 8 heteroatoms. The van der Waals surface area contributed by atoms with Crippen LogP contribution in [0.4, 0.5) is 0 Å². The van der Waals surface area contributed by atoms with Crippen molar-refractivity contribution in [3.05, 3.63) is 0 Å². The van der Waals surface area contributed by atoms with Crippen molar-refractivity contribution in [2.24, 2.45) is 0 Å². The van der Waals surface area contributed by atoms with Gasteiger partial charge in [-0.15, -0.1) is 0 Å². The second-order valence-electron chi connectivity index (χ2n) is 3.48. The third kappa shape index (κ3) is 5.60. The summed E-state index contributed by atoms with van der Waals surface area (Å²) in [7, 11) is 0. The molecule has 18 heavy (non-hydrogen) atoms. The second kappa shape index (κ2) is 7.62. The van der Waals surface area contributed by atoms with Gasteiger partial charge in [-0.05, 0) is 13.8 Å². The minimum atomic E-state index is -2.27. The fourth-order valence-corrected chi connectivity index (χ4v) is 1.03. The van der Waals surface area contributed by atoms with E-state index in [0.717, 1.165) is 0 Å². The molecule has 0 aromatic rings. The lowest BCUT2D eigenvalue weighted by Gasteiger charge is -2.17. The van der Waals surface area contributed by atoms with Gasteiger partial charge in [0.1, 0.15) is 6.10 Å². The van der Waals surface area contributed by atoms with Crippen molar-refractivity contribution in [2.75, 3.05) is 6.61 Å². The van der Waals surface area contributed by atoms with Gasteiger partial charge in [0.25, 0.3) is 0 Å². The van der Waals surface area contributed by atoms with Crippen LogP contribution >= 0.6 is 0 Å². The standard InChI is InChI=1S/C10H16O8/c1-3-17-6(11)4-5(2)18-10(16)8(13)7(12)9(14)15/h5,7-8,12-13H,3-4H2,1-2H3,(H,14,15). The first kappa shape index (κ1) is 16.3. The molecular formula is C10H16O8. The Labute approximate surface area is 103 Å². The maximum atomic E-state index is 11.2. The Morgan fingerprint density at radius 3 is 2.17 bits per heavy atom. The second-order valence-corrected chi connectivity index (χ2v) is 3.48. The number of aliphatic carboxylic acids is 1. The number of carboxylic acid groups (broad SMARTS) is 1. The molecule has 0 spiro atoms. The predicted octanol–water partition coefficient (Wildman–Crippen LogP) is -1.32. The summed E-state index contributed by atoms with van der Waals surface area (Å²) >= 11 is 0. The molecule has 0 saturated carbocycles. The van der Waals surface area contributed by atoms with Crippen LogP contribution in [0.15, 0.2) is 0 Å². The molecule has 0 rings (SSSR count). The maximum Gasteiger partial charge on any atom is 0.338 e. The van der Waals surface area contributed by atoms with Crippen LogP contribution in [0.1, 0.15) is 20.3 Å². The summed E-state index contributed by atoms with van der Waals surface area (Å²) in [4.78, 5) is 32.5. The zero-order valence-corrected chi connectivity index (χ0v) is 10.0. The minimum Gasteiger partial charge on any atom is -0.479 e. The first-order valence-corrected chi connectivity index (χ1v) is 5.24. The van der Waals surface area contributed by atoms with Gasteiger partial charge in [-0.3, -0.25) is 4.79 Å². The molecule has 0 heterocycles. The van der Waals surface area contributed by atoms with Crippen molar-refractivity contribution in [1.29, 1.82) is 0 Å². The number of carbonyl (C=O) groups excluding carboxylic acids is 2. The fraction of sp³-hybridized carbons (Fsp3) is 0.700. The third-order valence-electron chi connectivity index (χ3n) is 1.87. The summed E-state index contributed by atoms with van der Waals surface area (Å²) in [5.41, 5.74) is 0. The van der Waals surface area contributed by atoms with Gasteiger partial charge in [0.05, 0.1) is 13.0 Å². The van der Waals surface area contributed by atoms with E-state index in [1.807, 2.05) is 0 Å². The lowest BCUT2D eigenvalue weighted by molar-refractivity contribution is -0.174. The average Bonchev–Trinajstić information content (AvgIpc) is 2.26. The highest BCUT2D eigenvalue weighted by Crippen LogP contribution is 2.04. The van der Waals surface area contributed by atoms with Gasteiger partial charge in [-0.1, -0.05) is 0 Å². The number of carbonyl (C=O) groups is 3. The first-order chi connectivity index (χ1) is 8.29. The van der Waals surface area contributed by atoms with E-state index in [4.69, 9.17) is 15.3 Å². The molecule has 3 unspecified atom stereocenters. The van der Waals surface area contributed by atoms with Crippen molar-refractivity contribution < 1.29 is 39.2 Å². The van der Waals surface area contributed by atoms with E-state index in [9.17, 15) is 14.4 Å². The van der Waals surface area contributed by atoms with Crippen LogP contribution in [-0.2, 0) is 23.9 Å². The van der Waals surface area contributed by atoms with Crippen molar-refractivity contribution in [1.82, 2.24) is 0 Å². The van der Waals surface area contributed by atoms with Crippen molar-refractivity contribution in [2.45, 2.75) is 38.6 Å². The van der Waals surface area contributed by atoms with Gasteiger partial charge in [0.15, 0.2) is 12.2 Å². The molecule has 3 N–H and O–H groups in total. The molecule has 0 aliphatic rings.